The maximum atomic E-state index is 5.14. The van der Waals surface area contributed by atoms with Gasteiger partial charge in [0, 0.05) is 11.8 Å². The van der Waals surface area contributed by atoms with Crippen LogP contribution >= 0.6 is 0 Å². The largest absolute Gasteiger partial charge is 0.497 e. The molecule has 0 aliphatic heterocycles. The van der Waals surface area contributed by atoms with E-state index in [1.807, 2.05) is 53.2 Å². The Morgan fingerprint density at radius 1 is 1.06 bits per heavy atom. The zero-order valence-corrected chi connectivity index (χ0v) is 9.50. The summed E-state index contributed by atoms with van der Waals surface area (Å²) in [5, 5.41) is 4.51. The fourth-order valence-electron chi connectivity index (χ4n) is 1.84. The van der Waals surface area contributed by atoms with Crippen LogP contribution in [0, 0.1) is 0 Å². The molecule has 0 fully saturated rings. The molecule has 17 heavy (non-hydrogen) atoms. The van der Waals surface area contributed by atoms with Crippen molar-refractivity contribution in [2.75, 3.05) is 7.11 Å². The number of ether oxygens (including phenoxy) is 1. The minimum atomic E-state index is 0.859. The predicted octanol–water partition coefficient (Wildman–Crippen LogP) is 3.01. The van der Waals surface area contributed by atoms with Gasteiger partial charge in [-0.2, -0.15) is 5.10 Å². The van der Waals surface area contributed by atoms with Crippen LogP contribution in [0.4, 0.5) is 0 Å². The number of pyridine rings is 1. The van der Waals surface area contributed by atoms with Crippen LogP contribution in [-0.4, -0.2) is 16.7 Å². The second kappa shape index (κ2) is 3.94. The molecule has 84 valence electrons. The van der Waals surface area contributed by atoms with E-state index in [9.17, 15) is 0 Å². The smallest absolute Gasteiger partial charge is 0.118 e. The Kier molecular flexibility index (Phi) is 2.29. The summed E-state index contributed by atoms with van der Waals surface area (Å²) >= 11 is 0. The van der Waals surface area contributed by atoms with Crippen LogP contribution in [-0.2, 0) is 0 Å². The summed E-state index contributed by atoms with van der Waals surface area (Å²) < 4.78 is 7.01. The van der Waals surface area contributed by atoms with Crippen LogP contribution in [0.3, 0.4) is 0 Å². The number of aromatic nitrogens is 2. The van der Waals surface area contributed by atoms with Crippen LogP contribution in [0.25, 0.3) is 16.8 Å². The average Bonchev–Trinajstić information content (AvgIpc) is 2.82. The molecule has 0 aliphatic rings. The van der Waals surface area contributed by atoms with Crippen LogP contribution < -0.4 is 4.74 Å². The van der Waals surface area contributed by atoms with E-state index in [2.05, 4.69) is 11.2 Å². The summed E-state index contributed by atoms with van der Waals surface area (Å²) in [4.78, 5) is 0. The van der Waals surface area contributed by atoms with Gasteiger partial charge in [0.25, 0.3) is 0 Å². The average molecular weight is 224 g/mol. The maximum absolute atomic E-state index is 5.14. The monoisotopic (exact) mass is 224 g/mol. The summed E-state index contributed by atoms with van der Waals surface area (Å²) in [6, 6.07) is 16.0. The quantitative estimate of drug-likeness (QED) is 0.669. The molecule has 0 saturated heterocycles. The van der Waals surface area contributed by atoms with E-state index in [4.69, 9.17) is 4.74 Å². The second-order valence-electron chi connectivity index (χ2n) is 3.83. The van der Waals surface area contributed by atoms with Crippen molar-refractivity contribution >= 4 is 5.52 Å². The molecule has 0 radical (unpaired) electrons. The van der Waals surface area contributed by atoms with Crippen LogP contribution in [0.5, 0.6) is 5.75 Å². The molecule has 2 aromatic heterocycles. The lowest BCUT2D eigenvalue weighted by Gasteiger charge is -1.99. The maximum Gasteiger partial charge on any atom is 0.118 e. The van der Waals surface area contributed by atoms with E-state index < -0.39 is 0 Å². The summed E-state index contributed by atoms with van der Waals surface area (Å²) in [5.41, 5.74) is 3.16. The Bertz CT molecular complexity index is 608. The van der Waals surface area contributed by atoms with Crippen molar-refractivity contribution in [3.05, 3.63) is 54.7 Å². The molecular weight excluding hydrogens is 212 g/mol. The highest BCUT2D eigenvalue weighted by atomic mass is 16.5. The molecule has 0 spiro atoms. The molecule has 0 saturated carbocycles. The van der Waals surface area contributed by atoms with E-state index in [1.165, 1.54) is 0 Å². The molecule has 0 bridgehead atoms. The molecule has 0 amide bonds. The summed E-state index contributed by atoms with van der Waals surface area (Å²) in [6.07, 6.45) is 1.95. The van der Waals surface area contributed by atoms with E-state index in [0.717, 1.165) is 22.5 Å². The lowest BCUT2D eigenvalue weighted by molar-refractivity contribution is 0.415. The Morgan fingerprint density at radius 3 is 2.59 bits per heavy atom. The highest BCUT2D eigenvalue weighted by molar-refractivity contribution is 5.66. The van der Waals surface area contributed by atoms with Gasteiger partial charge in [-0.25, -0.2) is 4.52 Å². The summed E-state index contributed by atoms with van der Waals surface area (Å²) in [7, 11) is 1.67. The fourth-order valence-corrected chi connectivity index (χ4v) is 1.84. The summed E-state index contributed by atoms with van der Waals surface area (Å²) in [6.45, 7) is 0. The molecule has 3 nitrogen and oxygen atoms in total. The lowest BCUT2D eigenvalue weighted by atomic mass is 10.1. The first-order chi connectivity index (χ1) is 8.36. The predicted molar refractivity (Wildman–Crippen MR) is 67.2 cm³/mol. The van der Waals surface area contributed by atoms with Gasteiger partial charge in [-0.3, -0.25) is 0 Å². The molecule has 3 heteroatoms. The van der Waals surface area contributed by atoms with Crippen LogP contribution in [0.1, 0.15) is 0 Å². The molecule has 0 aliphatic carbocycles. The Hall–Kier alpha value is -2.29. The zero-order chi connectivity index (χ0) is 11.7. The van der Waals surface area contributed by atoms with Gasteiger partial charge in [0.15, 0.2) is 0 Å². The van der Waals surface area contributed by atoms with Crippen molar-refractivity contribution in [1.82, 2.24) is 9.61 Å². The number of methoxy groups -OCH3 is 1. The third-order valence-electron chi connectivity index (χ3n) is 2.76. The van der Waals surface area contributed by atoms with Crippen molar-refractivity contribution in [2.24, 2.45) is 0 Å². The zero-order valence-electron chi connectivity index (χ0n) is 9.50. The number of hydrogen-bond donors (Lipinski definition) is 0. The van der Waals surface area contributed by atoms with Gasteiger partial charge >= 0.3 is 0 Å². The number of rotatable bonds is 2. The van der Waals surface area contributed by atoms with Gasteiger partial charge in [-0.05, 0) is 42.5 Å². The fraction of sp³-hybridized carbons (Fsp3) is 0.0714. The molecule has 1 aromatic carbocycles. The Balaban J connectivity index is 2.07. The van der Waals surface area contributed by atoms with E-state index >= 15 is 0 Å². The molecule has 0 unspecified atom stereocenters. The van der Waals surface area contributed by atoms with Gasteiger partial charge in [0.05, 0.1) is 18.3 Å². The first kappa shape index (κ1) is 9.90. The number of fused-ring (bicyclic) bond motifs is 1. The lowest BCUT2D eigenvalue weighted by Crippen LogP contribution is -1.85. The normalized spacial score (nSPS) is 10.6. The van der Waals surface area contributed by atoms with Gasteiger partial charge in [0.2, 0.25) is 0 Å². The van der Waals surface area contributed by atoms with Gasteiger partial charge in [-0.15, -0.1) is 0 Å². The van der Waals surface area contributed by atoms with Gasteiger partial charge in [0.1, 0.15) is 5.75 Å². The first-order valence-corrected chi connectivity index (χ1v) is 5.46. The molecule has 3 aromatic rings. The van der Waals surface area contributed by atoms with Crippen LogP contribution in [0.2, 0.25) is 0 Å². The third-order valence-corrected chi connectivity index (χ3v) is 2.76. The van der Waals surface area contributed by atoms with E-state index in [0.29, 0.717) is 0 Å². The van der Waals surface area contributed by atoms with Crippen molar-refractivity contribution in [3.8, 4) is 17.0 Å². The topological polar surface area (TPSA) is 26.5 Å². The van der Waals surface area contributed by atoms with Crippen molar-refractivity contribution in [1.29, 1.82) is 0 Å². The Labute approximate surface area is 99.3 Å². The second-order valence-corrected chi connectivity index (χ2v) is 3.83. The standard InChI is InChI=1S/C14H12N2O/c1-17-13-7-5-11(6-8-13)14-10-12-4-2-3-9-16(12)15-14/h2-10H,1H3. The van der Waals surface area contributed by atoms with Gasteiger partial charge in [-0.1, -0.05) is 6.07 Å². The highest BCUT2D eigenvalue weighted by Gasteiger charge is 2.03. The van der Waals surface area contributed by atoms with Crippen molar-refractivity contribution in [2.45, 2.75) is 0 Å². The molecule has 3 rings (SSSR count). The van der Waals surface area contributed by atoms with E-state index in [-0.39, 0.29) is 0 Å². The number of nitrogens with zero attached hydrogens (tertiary/aromatic N) is 2. The minimum Gasteiger partial charge on any atom is -0.497 e. The highest BCUT2D eigenvalue weighted by Crippen LogP contribution is 2.22. The molecule has 0 atom stereocenters. The molecule has 2 heterocycles. The van der Waals surface area contributed by atoms with E-state index in [1.54, 1.807) is 7.11 Å². The van der Waals surface area contributed by atoms with Crippen LogP contribution in [0.15, 0.2) is 54.7 Å². The number of hydrogen-bond acceptors (Lipinski definition) is 2. The summed E-state index contributed by atoms with van der Waals surface area (Å²) in [5.74, 6) is 0.859. The molecule has 0 N–H and O–H groups in total. The number of benzene rings is 1. The van der Waals surface area contributed by atoms with Gasteiger partial charge < -0.3 is 4.74 Å². The van der Waals surface area contributed by atoms with Crippen molar-refractivity contribution in [3.63, 3.8) is 0 Å². The Morgan fingerprint density at radius 2 is 1.88 bits per heavy atom. The third kappa shape index (κ3) is 1.76. The van der Waals surface area contributed by atoms with Crippen molar-refractivity contribution < 1.29 is 4.74 Å². The first-order valence-electron chi connectivity index (χ1n) is 5.46. The minimum absolute atomic E-state index is 0.859. The molecular formula is C14H12N2O. The SMILES string of the molecule is COc1ccc(-c2cc3ccccn3n2)cc1.